The molecule has 18 heavy (non-hydrogen) atoms. The van der Waals surface area contributed by atoms with Crippen LogP contribution in [-0.4, -0.2) is 10.8 Å². The van der Waals surface area contributed by atoms with Gasteiger partial charge in [-0.3, -0.25) is 0 Å². The highest BCUT2D eigenvalue weighted by Crippen LogP contribution is 2.29. The predicted octanol–water partition coefficient (Wildman–Crippen LogP) is 4.21. The van der Waals surface area contributed by atoms with Crippen LogP contribution < -0.4 is 0 Å². The summed E-state index contributed by atoms with van der Waals surface area (Å²) in [6.07, 6.45) is 1.75. The van der Waals surface area contributed by atoms with E-state index in [0.29, 0.717) is 5.92 Å². The lowest BCUT2D eigenvalue weighted by atomic mass is 9.98. The Morgan fingerprint density at radius 1 is 0.944 bits per heavy atom. The molecule has 0 radical (unpaired) electrons. The molecule has 0 saturated carbocycles. The zero-order valence-corrected chi connectivity index (χ0v) is 11.8. The second-order valence-corrected chi connectivity index (χ2v) is 6.08. The molecule has 0 amide bonds. The molecule has 0 aliphatic rings. The van der Waals surface area contributed by atoms with Crippen molar-refractivity contribution >= 4 is 11.2 Å². The van der Waals surface area contributed by atoms with Gasteiger partial charge in [-0.15, -0.1) is 0 Å². The monoisotopic (exact) mass is 258 g/mol. The van der Waals surface area contributed by atoms with Gasteiger partial charge in [0.1, 0.15) is 6.26 Å². The van der Waals surface area contributed by atoms with Crippen LogP contribution >= 0.6 is 0 Å². The van der Waals surface area contributed by atoms with Crippen molar-refractivity contribution < 1.29 is 4.55 Å². The molecule has 0 aliphatic carbocycles. The quantitative estimate of drug-likeness (QED) is 0.756. The van der Waals surface area contributed by atoms with Gasteiger partial charge in [0.15, 0.2) is 4.90 Å². The third kappa shape index (κ3) is 2.77. The summed E-state index contributed by atoms with van der Waals surface area (Å²) in [5, 5.41) is 0. The van der Waals surface area contributed by atoms with E-state index in [4.69, 9.17) is 0 Å². The van der Waals surface area contributed by atoms with Crippen LogP contribution in [0.4, 0.5) is 0 Å². The van der Waals surface area contributed by atoms with E-state index < -0.39 is 11.2 Å². The summed E-state index contributed by atoms with van der Waals surface area (Å²) in [6.45, 7) is 4.27. The first kappa shape index (κ1) is 13.2. The minimum atomic E-state index is -0.945. The molecule has 2 heteroatoms. The maximum atomic E-state index is 11.9. The summed E-state index contributed by atoms with van der Waals surface area (Å²) in [5.74, 6) is 0.397. The highest BCUT2D eigenvalue weighted by molar-refractivity contribution is 7.90. The molecule has 1 unspecified atom stereocenters. The van der Waals surface area contributed by atoms with Crippen LogP contribution in [-0.2, 0) is 11.2 Å². The molecule has 0 N–H and O–H groups in total. The molecular weight excluding hydrogens is 240 g/mol. The lowest BCUT2D eigenvalue weighted by Gasteiger charge is -2.14. The molecule has 0 heterocycles. The van der Waals surface area contributed by atoms with Crippen molar-refractivity contribution in [3.05, 3.63) is 54.1 Å². The third-order valence-electron chi connectivity index (χ3n) is 3.05. The summed E-state index contributed by atoms with van der Waals surface area (Å²) in [6, 6.07) is 16.5. The number of rotatable bonds is 3. The predicted molar refractivity (Wildman–Crippen MR) is 78.3 cm³/mol. The number of hydrogen-bond donors (Lipinski definition) is 0. The molecular formula is C16H18OS. The Hall–Kier alpha value is -1.25. The van der Waals surface area contributed by atoms with Crippen molar-refractivity contribution in [2.45, 2.75) is 24.7 Å². The van der Waals surface area contributed by atoms with Crippen molar-refractivity contribution in [2.75, 3.05) is 6.26 Å². The number of hydrogen-bond acceptors (Lipinski definition) is 1. The zero-order chi connectivity index (χ0) is 13.1. The van der Waals surface area contributed by atoms with Crippen LogP contribution in [0.1, 0.15) is 25.3 Å². The minimum Gasteiger partial charge on any atom is -0.612 e. The molecule has 0 saturated heterocycles. The van der Waals surface area contributed by atoms with Gasteiger partial charge in [0.05, 0.1) is 0 Å². The van der Waals surface area contributed by atoms with Gasteiger partial charge in [-0.1, -0.05) is 56.3 Å². The van der Waals surface area contributed by atoms with Crippen LogP contribution in [0.25, 0.3) is 11.1 Å². The van der Waals surface area contributed by atoms with E-state index >= 15 is 0 Å². The largest absolute Gasteiger partial charge is 0.612 e. The van der Waals surface area contributed by atoms with Gasteiger partial charge in [-0.2, -0.15) is 0 Å². The Labute approximate surface area is 112 Å². The third-order valence-corrected chi connectivity index (χ3v) is 4.03. The first-order valence-corrected chi connectivity index (χ1v) is 7.68. The summed E-state index contributed by atoms with van der Waals surface area (Å²) in [7, 11) is 0. The molecule has 1 atom stereocenters. The molecule has 0 aromatic heterocycles. The molecule has 2 aromatic carbocycles. The summed E-state index contributed by atoms with van der Waals surface area (Å²) in [4.78, 5) is 0.950. The van der Waals surface area contributed by atoms with Gasteiger partial charge in [-0.25, -0.2) is 0 Å². The van der Waals surface area contributed by atoms with E-state index in [-0.39, 0.29) is 0 Å². The Bertz CT molecular complexity index is 518. The standard InChI is InChI=1S/C16H18OS/c1-12(2)15-10-9-14(11-16(15)18(3)17)13-7-5-4-6-8-13/h4-12H,1-3H3. The molecule has 2 aromatic rings. The average molecular weight is 258 g/mol. The minimum absolute atomic E-state index is 0.397. The van der Waals surface area contributed by atoms with Gasteiger partial charge in [0.25, 0.3) is 0 Å². The maximum absolute atomic E-state index is 11.9. The van der Waals surface area contributed by atoms with E-state index in [1.807, 2.05) is 18.2 Å². The SMILES string of the molecule is CC(C)c1ccc(-c2ccccc2)cc1[S+](C)[O-]. The molecule has 0 fully saturated rings. The summed E-state index contributed by atoms with van der Waals surface area (Å²) >= 11 is -0.945. The van der Waals surface area contributed by atoms with E-state index in [1.54, 1.807) is 6.26 Å². The van der Waals surface area contributed by atoms with E-state index in [2.05, 4.69) is 44.2 Å². The topological polar surface area (TPSA) is 23.1 Å². The van der Waals surface area contributed by atoms with Gasteiger partial charge < -0.3 is 4.55 Å². The van der Waals surface area contributed by atoms with Crippen molar-refractivity contribution in [3.63, 3.8) is 0 Å². The van der Waals surface area contributed by atoms with Crippen molar-refractivity contribution in [1.82, 2.24) is 0 Å². The van der Waals surface area contributed by atoms with E-state index in [0.717, 1.165) is 10.5 Å². The fourth-order valence-electron chi connectivity index (χ4n) is 2.07. The van der Waals surface area contributed by atoms with E-state index in [9.17, 15) is 4.55 Å². The van der Waals surface area contributed by atoms with Crippen molar-refractivity contribution in [3.8, 4) is 11.1 Å². The van der Waals surface area contributed by atoms with E-state index in [1.165, 1.54) is 11.1 Å². The molecule has 0 aliphatic heterocycles. The van der Waals surface area contributed by atoms with Crippen molar-refractivity contribution in [2.24, 2.45) is 0 Å². The molecule has 1 nitrogen and oxygen atoms in total. The van der Waals surface area contributed by atoms with Gasteiger partial charge in [0.2, 0.25) is 0 Å². The van der Waals surface area contributed by atoms with Gasteiger partial charge in [0, 0.05) is 11.6 Å². The molecule has 0 bridgehead atoms. The Morgan fingerprint density at radius 2 is 1.61 bits per heavy atom. The second-order valence-electron chi connectivity index (χ2n) is 4.73. The lowest BCUT2D eigenvalue weighted by molar-refractivity contribution is 0.598. The Morgan fingerprint density at radius 3 is 2.17 bits per heavy atom. The molecule has 94 valence electrons. The zero-order valence-electron chi connectivity index (χ0n) is 11.0. The first-order chi connectivity index (χ1) is 8.59. The maximum Gasteiger partial charge on any atom is 0.156 e. The van der Waals surface area contributed by atoms with Gasteiger partial charge in [-0.05, 0) is 28.2 Å². The van der Waals surface area contributed by atoms with Crippen LogP contribution in [0.3, 0.4) is 0 Å². The fraction of sp³-hybridized carbons (Fsp3) is 0.250. The molecule has 2 rings (SSSR count). The summed E-state index contributed by atoms with van der Waals surface area (Å²) in [5.41, 5.74) is 3.47. The lowest BCUT2D eigenvalue weighted by Crippen LogP contribution is -2.04. The number of benzene rings is 2. The van der Waals surface area contributed by atoms with Gasteiger partial charge >= 0.3 is 0 Å². The normalized spacial score (nSPS) is 12.7. The highest BCUT2D eigenvalue weighted by Gasteiger charge is 2.15. The smallest absolute Gasteiger partial charge is 0.156 e. The summed E-state index contributed by atoms with van der Waals surface area (Å²) < 4.78 is 11.9. The Balaban J connectivity index is 2.50. The van der Waals surface area contributed by atoms with Crippen LogP contribution in [0.15, 0.2) is 53.4 Å². The van der Waals surface area contributed by atoms with Crippen LogP contribution in [0.2, 0.25) is 0 Å². The first-order valence-electron chi connectivity index (χ1n) is 6.12. The molecule has 0 spiro atoms. The highest BCUT2D eigenvalue weighted by atomic mass is 32.2. The van der Waals surface area contributed by atoms with Crippen LogP contribution in [0, 0.1) is 0 Å². The fourth-order valence-corrected chi connectivity index (χ4v) is 3.00. The average Bonchev–Trinajstić information content (AvgIpc) is 2.39. The Kier molecular flexibility index (Phi) is 4.10. The van der Waals surface area contributed by atoms with Crippen molar-refractivity contribution in [1.29, 1.82) is 0 Å². The second kappa shape index (κ2) is 5.59. The van der Waals surface area contributed by atoms with Crippen LogP contribution in [0.5, 0.6) is 0 Å².